The second-order valence-electron chi connectivity index (χ2n) is 9.19. The van der Waals surface area contributed by atoms with Gasteiger partial charge in [-0.05, 0) is 13.0 Å². The molecule has 0 atom stereocenters. The zero-order valence-electron chi connectivity index (χ0n) is 22.1. The third kappa shape index (κ3) is 6.55. The predicted molar refractivity (Wildman–Crippen MR) is 131 cm³/mol. The molecule has 3 aromatic heterocycles. The van der Waals surface area contributed by atoms with Crippen LogP contribution in [-0.2, 0) is 38.2 Å². The standard InChI is InChI=1S/C24H23F5N8O4/c1-12-7-19(33-21(31-12)23(4,25)26)32-17-9-20(37(14(3)39)41-22(40)24(27,28)29)30-10-16(17)18-8-15-11-35(13(2)38)5-6-36(15)34-18/h7-10H,5-6,11H2,1-4H3,(H,30,31,32,33). The van der Waals surface area contributed by atoms with Gasteiger partial charge in [0.15, 0.2) is 5.82 Å². The minimum Gasteiger partial charge on any atom is -0.339 e. The van der Waals surface area contributed by atoms with Crippen molar-refractivity contribution >= 4 is 35.1 Å². The summed E-state index contributed by atoms with van der Waals surface area (Å²) in [4.78, 5) is 52.8. The van der Waals surface area contributed by atoms with Crippen molar-refractivity contribution in [1.29, 1.82) is 0 Å². The Balaban J connectivity index is 1.81. The van der Waals surface area contributed by atoms with Gasteiger partial charge in [-0.2, -0.15) is 27.1 Å². The van der Waals surface area contributed by atoms with Crippen molar-refractivity contribution in [3.05, 3.63) is 41.6 Å². The van der Waals surface area contributed by atoms with E-state index in [2.05, 4.69) is 30.2 Å². The number of halogens is 5. The van der Waals surface area contributed by atoms with Crippen LogP contribution in [0.15, 0.2) is 24.4 Å². The number of nitrogens with one attached hydrogen (secondary N) is 1. The van der Waals surface area contributed by atoms with Gasteiger partial charge in [-0.15, -0.1) is 5.06 Å². The normalized spacial score (nSPS) is 13.4. The van der Waals surface area contributed by atoms with E-state index >= 15 is 0 Å². The zero-order chi connectivity index (χ0) is 30.3. The zero-order valence-corrected chi connectivity index (χ0v) is 22.1. The molecule has 1 aliphatic heterocycles. The fourth-order valence-electron chi connectivity index (χ4n) is 3.90. The number of pyridine rings is 1. The second kappa shape index (κ2) is 10.7. The number of anilines is 3. The number of aromatic nitrogens is 5. The molecule has 0 spiro atoms. The molecule has 0 aromatic carbocycles. The lowest BCUT2D eigenvalue weighted by Crippen LogP contribution is -2.38. The molecule has 0 saturated carbocycles. The minimum absolute atomic E-state index is 0.0200. The van der Waals surface area contributed by atoms with Gasteiger partial charge in [0.1, 0.15) is 5.82 Å². The summed E-state index contributed by atoms with van der Waals surface area (Å²) in [7, 11) is 0. The lowest BCUT2D eigenvalue weighted by Gasteiger charge is -2.26. The Hall–Kier alpha value is -4.70. The molecule has 4 rings (SSSR count). The fraction of sp³-hybridized carbons (Fsp3) is 0.375. The maximum atomic E-state index is 14.0. The summed E-state index contributed by atoms with van der Waals surface area (Å²) in [6.07, 6.45) is -4.26. The molecule has 12 nitrogen and oxygen atoms in total. The molecule has 4 heterocycles. The van der Waals surface area contributed by atoms with Crippen molar-refractivity contribution in [2.24, 2.45) is 0 Å². The summed E-state index contributed by atoms with van der Waals surface area (Å²) < 4.78 is 68.2. The smallest absolute Gasteiger partial charge is 0.339 e. The number of hydrogen-bond acceptors (Lipinski definition) is 9. The molecule has 3 aromatic rings. The van der Waals surface area contributed by atoms with E-state index < -0.39 is 35.6 Å². The Morgan fingerprint density at radius 1 is 1.05 bits per heavy atom. The van der Waals surface area contributed by atoms with Crippen LogP contribution >= 0.6 is 0 Å². The van der Waals surface area contributed by atoms with E-state index in [9.17, 15) is 36.3 Å². The lowest BCUT2D eigenvalue weighted by atomic mass is 10.1. The molecule has 0 aliphatic carbocycles. The molecular formula is C24H23F5N8O4. The summed E-state index contributed by atoms with van der Waals surface area (Å²) in [5.41, 5.74) is 1.41. The van der Waals surface area contributed by atoms with Gasteiger partial charge in [0.2, 0.25) is 11.7 Å². The van der Waals surface area contributed by atoms with Gasteiger partial charge in [0, 0.05) is 56.9 Å². The van der Waals surface area contributed by atoms with Gasteiger partial charge in [0.05, 0.1) is 30.2 Å². The average molecular weight is 582 g/mol. The van der Waals surface area contributed by atoms with Crippen LogP contribution in [0.2, 0.25) is 0 Å². The number of nitrogens with zero attached hydrogens (tertiary/aromatic N) is 7. The fourth-order valence-corrected chi connectivity index (χ4v) is 3.90. The maximum absolute atomic E-state index is 14.0. The highest BCUT2D eigenvalue weighted by Gasteiger charge is 2.43. The lowest BCUT2D eigenvalue weighted by molar-refractivity contribution is -0.201. The van der Waals surface area contributed by atoms with Gasteiger partial charge in [-0.25, -0.2) is 19.7 Å². The van der Waals surface area contributed by atoms with E-state index in [1.807, 2.05) is 0 Å². The number of hydrogen-bond donors (Lipinski definition) is 1. The Morgan fingerprint density at radius 3 is 2.37 bits per heavy atom. The molecule has 0 unspecified atom stereocenters. The first-order valence-electron chi connectivity index (χ1n) is 12.0. The van der Waals surface area contributed by atoms with Crippen LogP contribution in [0.3, 0.4) is 0 Å². The molecule has 218 valence electrons. The summed E-state index contributed by atoms with van der Waals surface area (Å²) in [6.45, 7) is 5.41. The molecule has 0 fully saturated rings. The van der Waals surface area contributed by atoms with Gasteiger partial charge >= 0.3 is 18.1 Å². The molecule has 0 saturated heterocycles. The number of amides is 2. The van der Waals surface area contributed by atoms with Crippen molar-refractivity contribution in [3.63, 3.8) is 0 Å². The topological polar surface area (TPSA) is 135 Å². The Kier molecular flexibility index (Phi) is 7.64. The first-order chi connectivity index (χ1) is 19.0. The van der Waals surface area contributed by atoms with Gasteiger partial charge < -0.3 is 15.1 Å². The number of rotatable bonds is 5. The van der Waals surface area contributed by atoms with E-state index in [1.54, 1.807) is 15.6 Å². The van der Waals surface area contributed by atoms with Crippen molar-refractivity contribution in [1.82, 2.24) is 29.6 Å². The second-order valence-corrected chi connectivity index (χ2v) is 9.19. The maximum Gasteiger partial charge on any atom is 0.493 e. The molecule has 2 amide bonds. The number of alkyl halides is 5. The minimum atomic E-state index is -5.40. The van der Waals surface area contributed by atoms with E-state index in [4.69, 9.17) is 0 Å². The first-order valence-corrected chi connectivity index (χ1v) is 12.0. The van der Waals surface area contributed by atoms with Crippen LogP contribution in [0.1, 0.15) is 38.0 Å². The highest BCUT2D eigenvalue weighted by Crippen LogP contribution is 2.34. The van der Waals surface area contributed by atoms with E-state index in [0.717, 1.165) is 19.2 Å². The third-order valence-corrected chi connectivity index (χ3v) is 5.82. The number of fused-ring (bicyclic) bond motifs is 1. The highest BCUT2D eigenvalue weighted by molar-refractivity contribution is 5.93. The van der Waals surface area contributed by atoms with E-state index in [1.165, 1.54) is 19.9 Å². The Bertz CT molecular complexity index is 1520. The van der Waals surface area contributed by atoms with Gasteiger partial charge in [0.25, 0.3) is 5.91 Å². The number of hydroxylamine groups is 1. The van der Waals surface area contributed by atoms with Crippen LogP contribution in [0, 0.1) is 6.92 Å². The first kappa shape index (κ1) is 29.3. The average Bonchev–Trinajstić information content (AvgIpc) is 3.28. The van der Waals surface area contributed by atoms with Crippen LogP contribution < -0.4 is 10.4 Å². The molecular weight excluding hydrogens is 559 g/mol. The summed E-state index contributed by atoms with van der Waals surface area (Å²) in [5.74, 6) is -8.72. The molecule has 1 N–H and O–H groups in total. The Labute approximate surface area is 229 Å². The van der Waals surface area contributed by atoms with Crippen LogP contribution in [-0.4, -0.2) is 60.1 Å². The molecule has 0 radical (unpaired) electrons. The van der Waals surface area contributed by atoms with Crippen LogP contribution in [0.5, 0.6) is 0 Å². The Morgan fingerprint density at radius 2 is 1.76 bits per heavy atom. The van der Waals surface area contributed by atoms with E-state index in [-0.39, 0.29) is 40.3 Å². The predicted octanol–water partition coefficient (Wildman–Crippen LogP) is 3.63. The quantitative estimate of drug-likeness (QED) is 0.353. The molecule has 0 bridgehead atoms. The summed E-state index contributed by atoms with van der Waals surface area (Å²) >= 11 is 0. The van der Waals surface area contributed by atoms with Crippen LogP contribution in [0.4, 0.5) is 39.3 Å². The highest BCUT2D eigenvalue weighted by atomic mass is 19.4. The molecule has 1 aliphatic rings. The SMILES string of the molecule is CC(=O)N1CCn2nc(-c3cnc(N(OC(=O)C(F)(F)F)C(C)=O)cc3Nc3cc(C)nc(C(C)(F)F)n3)cc2C1. The van der Waals surface area contributed by atoms with E-state index in [0.29, 0.717) is 31.4 Å². The van der Waals surface area contributed by atoms with Crippen molar-refractivity contribution < 1.29 is 41.2 Å². The van der Waals surface area contributed by atoms with Crippen molar-refractivity contribution in [2.75, 3.05) is 16.9 Å². The molecule has 17 heteroatoms. The third-order valence-electron chi connectivity index (χ3n) is 5.82. The van der Waals surface area contributed by atoms with Crippen molar-refractivity contribution in [3.8, 4) is 11.3 Å². The molecule has 41 heavy (non-hydrogen) atoms. The number of carbonyl (C=O) groups is 3. The largest absolute Gasteiger partial charge is 0.493 e. The summed E-state index contributed by atoms with van der Waals surface area (Å²) in [5, 5.41) is 7.37. The number of aryl methyl sites for hydroxylation is 1. The monoisotopic (exact) mass is 582 g/mol. The van der Waals surface area contributed by atoms with Gasteiger partial charge in [-0.1, -0.05) is 0 Å². The van der Waals surface area contributed by atoms with Crippen LogP contribution in [0.25, 0.3) is 11.3 Å². The van der Waals surface area contributed by atoms with Gasteiger partial charge in [-0.3, -0.25) is 14.3 Å². The van der Waals surface area contributed by atoms with Crippen molar-refractivity contribution in [2.45, 2.75) is 52.9 Å². The number of carbonyl (C=O) groups excluding carboxylic acids is 3. The summed E-state index contributed by atoms with van der Waals surface area (Å²) in [6, 6.07) is 4.07.